The molecule has 18 heteroatoms. The van der Waals surface area contributed by atoms with E-state index >= 15 is 0 Å². The molecular weight excluding hydrogens is 1210 g/mol. The maximum atomic E-state index is 13.8. The van der Waals surface area contributed by atoms with Gasteiger partial charge in [-0.25, -0.2) is 14.2 Å². The van der Waals surface area contributed by atoms with Crippen LogP contribution in [0.15, 0.2) is 48.8 Å². The minimum Gasteiger partial charge on any atom is -0.481 e. The van der Waals surface area contributed by atoms with Gasteiger partial charge in [0.2, 0.25) is 5.91 Å². The van der Waals surface area contributed by atoms with Crippen LogP contribution in [0.25, 0.3) is 44.3 Å². The summed E-state index contributed by atoms with van der Waals surface area (Å²) in [6.45, 7) is 26.4. The highest BCUT2D eigenvalue weighted by Gasteiger charge is 2.66. The van der Waals surface area contributed by atoms with Gasteiger partial charge in [-0.15, -0.1) is 10.2 Å². The topological polar surface area (TPSA) is 224 Å². The number of nitrogens with zero attached hydrogens (tertiary/aromatic N) is 7. The van der Waals surface area contributed by atoms with Crippen LogP contribution in [-0.2, 0) is 53.0 Å². The Hall–Kier alpha value is -6.33. The number of carbonyl (C=O) groups excluding carboxylic acids is 4. The summed E-state index contributed by atoms with van der Waals surface area (Å²) in [5, 5.41) is 35.5. The maximum absolute atomic E-state index is 13.8. The van der Waals surface area contributed by atoms with Gasteiger partial charge >= 0.3 is 24.0 Å². The van der Waals surface area contributed by atoms with Crippen LogP contribution in [-0.4, -0.2) is 100 Å². The van der Waals surface area contributed by atoms with Gasteiger partial charge in [0.1, 0.15) is 42.3 Å². The highest BCUT2D eigenvalue weighted by Crippen LogP contribution is 2.73. The summed E-state index contributed by atoms with van der Waals surface area (Å²) in [4.78, 5) is 64.5. The Morgan fingerprint density at radius 1 is 0.625 bits per heavy atom. The quantitative estimate of drug-likeness (QED) is 0.0334. The van der Waals surface area contributed by atoms with Crippen molar-refractivity contribution < 1.29 is 43.3 Å². The second-order valence-corrected chi connectivity index (χ2v) is 34.2. The molecule has 0 spiro atoms. The Bertz CT molecular complexity index is 3700. The summed E-state index contributed by atoms with van der Waals surface area (Å²) in [6.07, 6.45) is 24.6. The van der Waals surface area contributed by atoms with Crippen molar-refractivity contribution in [3.63, 3.8) is 0 Å². The van der Waals surface area contributed by atoms with Crippen molar-refractivity contribution >= 4 is 51.7 Å². The molecular formula is C78H111N9O9. The molecule has 96 heavy (non-hydrogen) atoms. The summed E-state index contributed by atoms with van der Waals surface area (Å²) in [5.74, 6) is 7.15. The smallest absolute Gasteiger partial charge is 0.407 e. The monoisotopic (exact) mass is 1320 g/mol. The Morgan fingerprint density at radius 2 is 1.17 bits per heavy atom. The summed E-state index contributed by atoms with van der Waals surface area (Å²) in [7, 11) is 0. The van der Waals surface area contributed by atoms with Gasteiger partial charge in [0.15, 0.2) is 0 Å². The number of esters is 2. The number of amides is 2. The predicted octanol–water partition coefficient (Wildman–Crippen LogP) is 15.3. The fraction of sp³-hybridized carbons (Fsp3) is 0.731. The van der Waals surface area contributed by atoms with E-state index in [0.29, 0.717) is 107 Å². The van der Waals surface area contributed by atoms with Crippen molar-refractivity contribution in [3.05, 3.63) is 48.8 Å². The van der Waals surface area contributed by atoms with E-state index in [2.05, 4.69) is 115 Å². The van der Waals surface area contributed by atoms with E-state index in [-0.39, 0.29) is 60.4 Å². The molecule has 8 saturated carbocycles. The number of carboxylic acid groups (broad SMARTS) is 1. The Balaban J connectivity index is 0.628. The molecule has 19 atom stereocenters. The van der Waals surface area contributed by atoms with E-state index < -0.39 is 17.7 Å². The summed E-state index contributed by atoms with van der Waals surface area (Å²) >= 11 is 0. The molecule has 3 aromatic heterocycles. The zero-order valence-electron chi connectivity index (χ0n) is 59.5. The number of aliphatic carboxylic acids is 1. The van der Waals surface area contributed by atoms with E-state index in [4.69, 9.17) is 14.2 Å². The van der Waals surface area contributed by atoms with Crippen LogP contribution in [0.4, 0.5) is 4.79 Å². The molecule has 2 aromatic carbocycles. The number of carboxylic acids is 1. The molecule has 3 heterocycles. The maximum Gasteiger partial charge on any atom is 0.407 e. The summed E-state index contributed by atoms with van der Waals surface area (Å²) in [5.41, 5.74) is 5.24. The van der Waals surface area contributed by atoms with Gasteiger partial charge in [0.25, 0.3) is 0 Å². The molecule has 5 aromatic rings. The molecule has 14 unspecified atom stereocenters. The molecule has 2 amide bonds. The largest absolute Gasteiger partial charge is 0.481 e. The molecule has 8 aliphatic rings. The number of hydrogen-bond acceptors (Lipinski definition) is 12. The number of carbonyl (C=O) groups is 5. The van der Waals surface area contributed by atoms with Crippen LogP contribution < -0.4 is 10.6 Å². The average molecular weight is 1320 g/mol. The zero-order valence-corrected chi connectivity index (χ0v) is 59.5. The van der Waals surface area contributed by atoms with Gasteiger partial charge in [-0.05, 0) is 247 Å². The first kappa shape index (κ1) is 68.2. The van der Waals surface area contributed by atoms with Crippen LogP contribution in [0.3, 0.4) is 0 Å². The van der Waals surface area contributed by atoms with Crippen LogP contribution in [0.1, 0.15) is 211 Å². The third-order valence-electron chi connectivity index (χ3n) is 27.8. The first-order valence-electron chi connectivity index (χ1n) is 37.5. The lowest BCUT2D eigenvalue weighted by Crippen LogP contribution is -2.62. The molecule has 18 nitrogen and oxygen atoms in total. The first-order valence-corrected chi connectivity index (χ1v) is 37.5. The van der Waals surface area contributed by atoms with Crippen LogP contribution >= 0.6 is 0 Å². The van der Waals surface area contributed by atoms with Crippen molar-refractivity contribution in [1.82, 2.24) is 45.2 Å². The second kappa shape index (κ2) is 26.7. The standard InChI is InChI=1S/C78H111N9O9/c1-12-13-32-79-69(88)22-14-46(2)61-40-63-56-21-18-51-38-52(24-28-75(51,8)58(56)26-30-77(61,63)10)94-71(91)44-85-42-65(81-83-85)49-16-19-54-55-20-17-50(37-68(55)87(67(54)36-49)34-33-80-73(93)96-74(5,6)7)66-43-86(84-82-66)45-72(92)95-53-25-29-76(9)59-27-31-78(11)62(47(3)15-23-70(89)90)41-64(78)57(59)35-48(4)60(76)39-53/h16-17,19-20,36-37,42-43,46-48,51-53,56-64H,12-15,18,21-35,38-41,44-45H2,1-11H3,(H,79,88)(H,80,93)(H,89,90)/t46-,47-,48+,51?,52?,53?,56?,57-,58?,59?,60+,61?,62?,63?,64?,75?,76?,77?,78?/m1/s1. The Kier molecular flexibility index (Phi) is 19.0. The number of nitrogens with one attached hydrogen (secondary N) is 2. The minimum absolute atomic E-state index is 0.0312. The molecule has 0 radical (unpaired) electrons. The van der Waals surface area contributed by atoms with Gasteiger partial charge in [-0.3, -0.25) is 19.2 Å². The van der Waals surface area contributed by atoms with E-state index in [1.807, 2.05) is 39.1 Å². The number of benzene rings is 2. The van der Waals surface area contributed by atoms with Gasteiger partial charge in [0, 0.05) is 65.4 Å². The first-order chi connectivity index (χ1) is 45.7. The Morgan fingerprint density at radius 3 is 1.74 bits per heavy atom. The number of alkyl carbamates (subject to hydrolysis) is 1. The molecule has 13 rings (SSSR count). The number of ether oxygens (including phenoxy) is 3. The normalized spacial score (nSPS) is 34.3. The predicted molar refractivity (Wildman–Crippen MR) is 370 cm³/mol. The van der Waals surface area contributed by atoms with Gasteiger partial charge < -0.3 is 34.5 Å². The number of rotatable bonds is 22. The number of unbranched alkanes of at least 4 members (excludes halogenated alkanes) is 1. The lowest BCUT2D eigenvalue weighted by molar-refractivity contribution is -0.211. The molecule has 0 saturated heterocycles. The molecule has 8 fully saturated rings. The van der Waals surface area contributed by atoms with E-state index in [9.17, 15) is 29.1 Å². The van der Waals surface area contributed by atoms with E-state index in [0.717, 1.165) is 116 Å². The van der Waals surface area contributed by atoms with Crippen molar-refractivity contribution in [2.24, 2.45) is 98.6 Å². The highest BCUT2D eigenvalue weighted by molar-refractivity contribution is 6.10. The second-order valence-electron chi connectivity index (χ2n) is 34.2. The zero-order chi connectivity index (χ0) is 67.8. The summed E-state index contributed by atoms with van der Waals surface area (Å²) < 4.78 is 23.6. The third kappa shape index (κ3) is 13.0. The van der Waals surface area contributed by atoms with Crippen molar-refractivity contribution in [1.29, 1.82) is 0 Å². The molecule has 3 N–H and O–H groups in total. The molecule has 8 aliphatic carbocycles. The average Bonchev–Trinajstić information content (AvgIpc) is 1.31. The van der Waals surface area contributed by atoms with Gasteiger partial charge in [-0.1, -0.05) is 96.5 Å². The molecule has 522 valence electrons. The molecule has 0 bridgehead atoms. The number of hydrogen-bond donors (Lipinski definition) is 3. The third-order valence-corrected chi connectivity index (χ3v) is 27.8. The minimum atomic E-state index is -0.690. The molecule has 0 aliphatic heterocycles. The van der Waals surface area contributed by atoms with Crippen molar-refractivity contribution in [2.75, 3.05) is 13.1 Å². The van der Waals surface area contributed by atoms with Gasteiger partial charge in [-0.2, -0.15) is 0 Å². The fourth-order valence-corrected chi connectivity index (χ4v) is 22.7. The number of fused-ring (bicyclic) bond motifs is 13. The Labute approximate surface area is 569 Å². The lowest BCUT2D eigenvalue weighted by atomic mass is 9.36. The van der Waals surface area contributed by atoms with Crippen LogP contribution in [0.2, 0.25) is 0 Å². The van der Waals surface area contributed by atoms with Crippen molar-refractivity contribution in [3.8, 4) is 22.5 Å². The lowest BCUT2D eigenvalue weighted by Gasteiger charge is -2.69. The van der Waals surface area contributed by atoms with Gasteiger partial charge in [0.05, 0.1) is 12.4 Å². The highest BCUT2D eigenvalue weighted by atomic mass is 16.6. The fourth-order valence-electron chi connectivity index (χ4n) is 22.7. The van der Waals surface area contributed by atoms with E-state index in [1.54, 1.807) is 15.6 Å². The summed E-state index contributed by atoms with van der Waals surface area (Å²) in [6, 6.07) is 12.4. The van der Waals surface area contributed by atoms with Crippen molar-refractivity contribution in [2.45, 2.75) is 248 Å². The van der Waals surface area contributed by atoms with E-state index in [1.165, 1.54) is 57.8 Å². The number of aromatic nitrogens is 7. The van der Waals surface area contributed by atoms with Crippen LogP contribution in [0, 0.1) is 98.6 Å². The SMILES string of the molecule is CCCCNC(=O)CC[C@@H](C)C1CC2C3CCC4CC(OC(=O)Cn5cc(-c6ccc7c8ccc(-c9cn(CC(=O)OC%10CCC%11(C)C%12CCC%13(C)C(CC%13[C@H](C)CCC(=O)O)[C@@H]%12C[C@H](C)[C@@H]%11C%10)nn9)cc8n(CCNC(=O)OC(C)(C)C)c7c6)nn5)CCC4(C)C3CCC21C. The van der Waals surface area contributed by atoms with Crippen LogP contribution in [0.5, 0.6) is 0 Å².